The van der Waals surface area contributed by atoms with Gasteiger partial charge in [-0.15, -0.1) is 0 Å². The van der Waals surface area contributed by atoms with Gasteiger partial charge in [-0.25, -0.2) is 12.7 Å². The number of halogens is 1. The van der Waals surface area contributed by atoms with Crippen LogP contribution in [0.2, 0.25) is 5.02 Å². The molecule has 6 nitrogen and oxygen atoms in total. The number of nitrogens with zero attached hydrogens (tertiary/aromatic N) is 1. The number of hydrogen-bond acceptors (Lipinski definition) is 4. The Morgan fingerprint density at radius 1 is 1.26 bits per heavy atom. The molecule has 3 rings (SSSR count). The zero-order chi connectivity index (χ0) is 19.8. The van der Waals surface area contributed by atoms with Gasteiger partial charge in [0, 0.05) is 12.1 Å². The van der Waals surface area contributed by atoms with Gasteiger partial charge < -0.3 is 5.32 Å². The summed E-state index contributed by atoms with van der Waals surface area (Å²) in [6.07, 6.45) is 0. The van der Waals surface area contributed by atoms with Crippen LogP contribution in [0.5, 0.6) is 0 Å². The number of rotatable bonds is 4. The summed E-state index contributed by atoms with van der Waals surface area (Å²) in [5, 5.41) is 2.89. The third-order valence-corrected chi connectivity index (χ3v) is 6.66. The summed E-state index contributed by atoms with van der Waals surface area (Å²) in [5.74, 6) is -1.85. The van der Waals surface area contributed by atoms with Crippen molar-refractivity contribution in [2.45, 2.75) is 20.4 Å². The molecule has 27 heavy (non-hydrogen) atoms. The first kappa shape index (κ1) is 19.4. The molecule has 0 radical (unpaired) electrons. The second-order valence-corrected chi connectivity index (χ2v) is 8.83. The standard InChI is InChI=1S/C19H19ClN2O4S/c1-12-5-3-4-6-15(12)10-21-18(23)14-7-8-16(20)17(9-14)22-19(24)13(2)11-27(22,25)26/h3-9,13H,10-11H2,1-2H3,(H,21,23). The van der Waals surface area contributed by atoms with E-state index in [1.807, 2.05) is 31.2 Å². The molecular weight excluding hydrogens is 388 g/mol. The highest BCUT2D eigenvalue weighted by Gasteiger charge is 2.42. The third-order valence-electron chi connectivity index (χ3n) is 4.49. The molecule has 1 atom stereocenters. The Morgan fingerprint density at radius 3 is 2.59 bits per heavy atom. The molecule has 1 saturated heterocycles. The predicted molar refractivity (Wildman–Crippen MR) is 104 cm³/mol. The van der Waals surface area contributed by atoms with E-state index in [0.717, 1.165) is 11.1 Å². The van der Waals surface area contributed by atoms with Gasteiger partial charge in [0.1, 0.15) is 0 Å². The number of aryl methyl sites for hydroxylation is 1. The molecule has 142 valence electrons. The first-order valence-corrected chi connectivity index (χ1v) is 10.4. The van der Waals surface area contributed by atoms with Crippen LogP contribution in [0.15, 0.2) is 42.5 Å². The van der Waals surface area contributed by atoms with E-state index in [1.54, 1.807) is 6.92 Å². The van der Waals surface area contributed by atoms with E-state index in [-0.39, 0.29) is 27.9 Å². The van der Waals surface area contributed by atoms with Crippen LogP contribution in [-0.2, 0) is 21.4 Å². The van der Waals surface area contributed by atoms with Gasteiger partial charge in [-0.05, 0) is 36.2 Å². The fourth-order valence-corrected chi connectivity index (χ4v) is 5.04. The van der Waals surface area contributed by atoms with E-state index < -0.39 is 21.8 Å². The van der Waals surface area contributed by atoms with E-state index in [9.17, 15) is 18.0 Å². The monoisotopic (exact) mass is 406 g/mol. The summed E-state index contributed by atoms with van der Waals surface area (Å²) in [6, 6.07) is 11.9. The van der Waals surface area contributed by atoms with Crippen molar-refractivity contribution in [2.75, 3.05) is 10.1 Å². The minimum Gasteiger partial charge on any atom is -0.348 e. The maximum atomic E-state index is 12.5. The Hall–Kier alpha value is -2.38. The largest absolute Gasteiger partial charge is 0.348 e. The highest BCUT2D eigenvalue weighted by atomic mass is 35.5. The molecule has 2 aromatic carbocycles. The van der Waals surface area contributed by atoms with Crippen molar-refractivity contribution in [1.82, 2.24) is 5.32 Å². The molecule has 1 unspecified atom stereocenters. The highest BCUT2D eigenvalue weighted by Crippen LogP contribution is 2.34. The molecule has 0 bridgehead atoms. The lowest BCUT2D eigenvalue weighted by molar-refractivity contribution is -0.119. The molecule has 0 aromatic heterocycles. The lowest BCUT2D eigenvalue weighted by Gasteiger charge is -2.18. The fourth-order valence-electron chi connectivity index (χ4n) is 2.96. The molecule has 1 heterocycles. The Balaban J connectivity index is 1.86. The van der Waals surface area contributed by atoms with E-state index in [4.69, 9.17) is 11.6 Å². The highest BCUT2D eigenvalue weighted by molar-refractivity contribution is 7.94. The minimum absolute atomic E-state index is 0.00885. The number of carbonyl (C=O) groups is 2. The van der Waals surface area contributed by atoms with Gasteiger partial charge in [0.2, 0.25) is 15.9 Å². The number of sulfonamides is 1. The predicted octanol–water partition coefficient (Wildman–Crippen LogP) is 2.89. The lowest BCUT2D eigenvalue weighted by atomic mass is 10.1. The van der Waals surface area contributed by atoms with E-state index in [2.05, 4.69) is 5.32 Å². The van der Waals surface area contributed by atoms with Crippen LogP contribution in [0.1, 0.15) is 28.4 Å². The second kappa shape index (κ2) is 7.32. The van der Waals surface area contributed by atoms with Crippen molar-refractivity contribution >= 4 is 39.1 Å². The van der Waals surface area contributed by atoms with Crippen molar-refractivity contribution in [3.8, 4) is 0 Å². The van der Waals surface area contributed by atoms with Crippen LogP contribution < -0.4 is 9.62 Å². The van der Waals surface area contributed by atoms with Gasteiger partial charge in [0.15, 0.2) is 0 Å². The van der Waals surface area contributed by atoms with Gasteiger partial charge in [-0.2, -0.15) is 0 Å². The maximum Gasteiger partial charge on any atom is 0.251 e. The first-order valence-electron chi connectivity index (χ1n) is 8.40. The zero-order valence-electron chi connectivity index (χ0n) is 14.9. The van der Waals surface area contributed by atoms with Crippen LogP contribution in [0, 0.1) is 12.8 Å². The van der Waals surface area contributed by atoms with E-state index in [1.165, 1.54) is 18.2 Å². The third kappa shape index (κ3) is 3.84. The van der Waals surface area contributed by atoms with E-state index >= 15 is 0 Å². The summed E-state index contributed by atoms with van der Waals surface area (Å²) in [5.41, 5.74) is 2.27. The number of hydrogen-bond donors (Lipinski definition) is 1. The van der Waals surface area contributed by atoms with Crippen LogP contribution in [0.4, 0.5) is 5.69 Å². The SMILES string of the molecule is Cc1ccccc1CNC(=O)c1ccc(Cl)c(N2C(=O)C(C)CS2(=O)=O)c1. The summed E-state index contributed by atoms with van der Waals surface area (Å²) in [4.78, 5) is 24.8. The van der Waals surface area contributed by atoms with Gasteiger partial charge in [-0.3, -0.25) is 9.59 Å². The molecule has 2 aromatic rings. The summed E-state index contributed by atoms with van der Waals surface area (Å²) in [7, 11) is -3.80. The zero-order valence-corrected chi connectivity index (χ0v) is 16.5. The Bertz CT molecular complexity index is 1020. The molecule has 1 aliphatic heterocycles. The quantitative estimate of drug-likeness (QED) is 0.846. The average Bonchev–Trinajstić information content (AvgIpc) is 2.82. The molecule has 1 N–H and O–H groups in total. The number of benzene rings is 2. The van der Waals surface area contributed by atoms with Crippen molar-refractivity contribution < 1.29 is 18.0 Å². The topological polar surface area (TPSA) is 83.6 Å². The molecule has 1 aliphatic rings. The first-order chi connectivity index (χ1) is 12.7. The molecule has 0 aliphatic carbocycles. The Labute approximate surface area is 163 Å². The molecule has 2 amide bonds. The van der Waals surface area contributed by atoms with Gasteiger partial charge in [0.25, 0.3) is 5.91 Å². The summed E-state index contributed by atoms with van der Waals surface area (Å²) < 4.78 is 25.3. The van der Waals surface area contributed by atoms with Gasteiger partial charge >= 0.3 is 0 Å². The Kier molecular flexibility index (Phi) is 5.26. The van der Waals surface area contributed by atoms with Crippen LogP contribution in [0.3, 0.4) is 0 Å². The summed E-state index contributed by atoms with van der Waals surface area (Å²) >= 11 is 6.12. The molecule has 0 spiro atoms. The summed E-state index contributed by atoms with van der Waals surface area (Å²) in [6.45, 7) is 3.83. The van der Waals surface area contributed by atoms with Crippen molar-refractivity contribution in [3.05, 3.63) is 64.2 Å². The van der Waals surface area contributed by atoms with Crippen molar-refractivity contribution in [3.63, 3.8) is 0 Å². The van der Waals surface area contributed by atoms with Gasteiger partial charge in [-0.1, -0.05) is 42.8 Å². The van der Waals surface area contributed by atoms with Crippen LogP contribution in [-0.4, -0.2) is 26.0 Å². The normalized spacial score (nSPS) is 18.6. The number of nitrogens with one attached hydrogen (secondary N) is 1. The number of anilines is 1. The van der Waals surface area contributed by atoms with Crippen LogP contribution in [0.25, 0.3) is 0 Å². The number of amides is 2. The smallest absolute Gasteiger partial charge is 0.251 e. The van der Waals surface area contributed by atoms with Crippen molar-refractivity contribution in [2.24, 2.45) is 5.92 Å². The van der Waals surface area contributed by atoms with E-state index in [0.29, 0.717) is 10.8 Å². The molecule has 0 saturated carbocycles. The molecule has 8 heteroatoms. The molecule has 1 fully saturated rings. The minimum atomic E-state index is -3.80. The van der Waals surface area contributed by atoms with Crippen molar-refractivity contribution in [1.29, 1.82) is 0 Å². The fraction of sp³-hybridized carbons (Fsp3) is 0.263. The number of carbonyl (C=O) groups excluding carboxylic acids is 2. The lowest BCUT2D eigenvalue weighted by Crippen LogP contribution is -2.31. The average molecular weight is 407 g/mol. The van der Waals surface area contributed by atoms with Crippen LogP contribution >= 0.6 is 11.6 Å². The van der Waals surface area contributed by atoms with Gasteiger partial charge in [0.05, 0.1) is 22.4 Å². The second-order valence-electron chi connectivity index (χ2n) is 6.56. The molecular formula is C19H19ClN2O4S. The maximum absolute atomic E-state index is 12.5. The Morgan fingerprint density at radius 2 is 1.96 bits per heavy atom.